The van der Waals surface area contributed by atoms with Crippen molar-refractivity contribution >= 4 is 0 Å². The van der Waals surface area contributed by atoms with Crippen LogP contribution in [0.2, 0.25) is 0 Å². The standard InChI is InChI=1S/C27H31NO/c1-19-14-22(16-23(15-19)27(2,3)4)26-25-11-10-24(17-21(25)12-13-28-26)29-18-20-8-6-5-7-9-20/h5-11,14-17,26,28H,12-13,18H2,1-4H3. The van der Waals surface area contributed by atoms with Crippen LogP contribution in [0.3, 0.4) is 0 Å². The smallest absolute Gasteiger partial charge is 0.120 e. The van der Waals surface area contributed by atoms with Gasteiger partial charge in [0, 0.05) is 6.54 Å². The van der Waals surface area contributed by atoms with E-state index in [9.17, 15) is 0 Å². The van der Waals surface area contributed by atoms with E-state index in [0.29, 0.717) is 6.61 Å². The van der Waals surface area contributed by atoms with Crippen LogP contribution in [0.1, 0.15) is 60.2 Å². The fraction of sp³-hybridized carbons (Fsp3) is 0.333. The van der Waals surface area contributed by atoms with Gasteiger partial charge in [-0.25, -0.2) is 0 Å². The molecule has 4 rings (SSSR count). The van der Waals surface area contributed by atoms with Gasteiger partial charge in [-0.15, -0.1) is 0 Å². The molecule has 0 amide bonds. The third kappa shape index (κ3) is 4.54. The summed E-state index contributed by atoms with van der Waals surface area (Å²) in [5.74, 6) is 0.952. The van der Waals surface area contributed by atoms with Gasteiger partial charge in [0.2, 0.25) is 0 Å². The number of hydrogen-bond acceptors (Lipinski definition) is 2. The van der Waals surface area contributed by atoms with Gasteiger partial charge < -0.3 is 10.1 Å². The Bertz CT molecular complexity index is 985. The van der Waals surface area contributed by atoms with Gasteiger partial charge in [0.05, 0.1) is 6.04 Å². The summed E-state index contributed by atoms with van der Waals surface area (Å²) in [4.78, 5) is 0. The van der Waals surface area contributed by atoms with Crippen LogP contribution in [0.5, 0.6) is 5.75 Å². The minimum absolute atomic E-state index is 0.146. The first-order valence-corrected chi connectivity index (χ1v) is 10.6. The first-order chi connectivity index (χ1) is 13.9. The lowest BCUT2D eigenvalue weighted by atomic mass is 9.82. The molecule has 1 atom stereocenters. The number of ether oxygens (including phenoxy) is 1. The molecule has 150 valence electrons. The Labute approximate surface area is 174 Å². The van der Waals surface area contributed by atoms with Crippen molar-refractivity contribution in [2.24, 2.45) is 0 Å². The fourth-order valence-electron chi connectivity index (χ4n) is 4.08. The molecular weight excluding hydrogens is 354 g/mol. The Morgan fingerprint density at radius 3 is 2.52 bits per heavy atom. The summed E-state index contributed by atoms with van der Waals surface area (Å²) in [5.41, 5.74) is 8.17. The lowest BCUT2D eigenvalue weighted by molar-refractivity contribution is 0.305. The lowest BCUT2D eigenvalue weighted by Gasteiger charge is -2.30. The number of rotatable bonds is 4. The third-order valence-corrected chi connectivity index (χ3v) is 5.72. The van der Waals surface area contributed by atoms with Crippen LogP contribution in [0.15, 0.2) is 66.7 Å². The van der Waals surface area contributed by atoms with Gasteiger partial charge in [0.25, 0.3) is 0 Å². The minimum Gasteiger partial charge on any atom is -0.489 e. The molecule has 1 heterocycles. The van der Waals surface area contributed by atoms with E-state index < -0.39 is 0 Å². The zero-order valence-corrected chi connectivity index (χ0v) is 18.0. The zero-order chi connectivity index (χ0) is 20.4. The molecule has 0 saturated heterocycles. The predicted octanol–water partition coefficient (Wildman–Crippen LogP) is 6.11. The first kappa shape index (κ1) is 19.7. The SMILES string of the molecule is Cc1cc(C2NCCc3cc(OCc4ccccc4)ccc32)cc(C(C)(C)C)c1. The van der Waals surface area contributed by atoms with Crippen molar-refractivity contribution in [2.75, 3.05) is 6.54 Å². The summed E-state index contributed by atoms with van der Waals surface area (Å²) in [6.45, 7) is 10.6. The fourth-order valence-corrected chi connectivity index (χ4v) is 4.08. The highest BCUT2D eigenvalue weighted by Gasteiger charge is 2.24. The quantitative estimate of drug-likeness (QED) is 0.585. The van der Waals surface area contributed by atoms with Crippen LogP contribution in [0.4, 0.5) is 0 Å². The molecule has 1 N–H and O–H groups in total. The topological polar surface area (TPSA) is 21.3 Å². The zero-order valence-electron chi connectivity index (χ0n) is 18.0. The largest absolute Gasteiger partial charge is 0.489 e. The second kappa shape index (κ2) is 8.04. The molecule has 0 fully saturated rings. The summed E-state index contributed by atoms with van der Waals surface area (Å²) in [5, 5.41) is 3.73. The third-order valence-electron chi connectivity index (χ3n) is 5.72. The van der Waals surface area contributed by atoms with E-state index in [1.54, 1.807) is 0 Å². The molecule has 3 aromatic rings. The summed E-state index contributed by atoms with van der Waals surface area (Å²) in [6, 6.07) is 24.2. The van der Waals surface area contributed by atoms with E-state index >= 15 is 0 Å². The second-order valence-electron chi connectivity index (χ2n) is 9.15. The normalized spacial score (nSPS) is 16.3. The average Bonchev–Trinajstić information content (AvgIpc) is 2.71. The molecule has 29 heavy (non-hydrogen) atoms. The number of nitrogens with one attached hydrogen (secondary N) is 1. The number of fused-ring (bicyclic) bond motifs is 1. The minimum atomic E-state index is 0.146. The predicted molar refractivity (Wildman–Crippen MR) is 121 cm³/mol. The maximum absolute atomic E-state index is 6.06. The Morgan fingerprint density at radius 1 is 0.966 bits per heavy atom. The van der Waals surface area contributed by atoms with Crippen molar-refractivity contribution in [3.63, 3.8) is 0 Å². The molecule has 0 saturated carbocycles. The van der Waals surface area contributed by atoms with Crippen molar-refractivity contribution in [3.05, 3.63) is 100 Å². The second-order valence-corrected chi connectivity index (χ2v) is 9.15. The van der Waals surface area contributed by atoms with Gasteiger partial charge in [-0.3, -0.25) is 0 Å². The molecule has 1 unspecified atom stereocenters. The molecule has 1 aliphatic heterocycles. The van der Waals surface area contributed by atoms with E-state index in [2.05, 4.69) is 93.7 Å². The van der Waals surface area contributed by atoms with Gasteiger partial charge in [0.1, 0.15) is 12.4 Å². The van der Waals surface area contributed by atoms with Crippen LogP contribution in [-0.2, 0) is 18.4 Å². The van der Waals surface area contributed by atoms with E-state index in [1.165, 1.54) is 33.4 Å². The molecule has 1 aliphatic rings. The van der Waals surface area contributed by atoms with E-state index in [1.807, 2.05) is 6.07 Å². The molecular formula is C27H31NO. The number of aryl methyl sites for hydroxylation is 1. The maximum Gasteiger partial charge on any atom is 0.120 e. The Hall–Kier alpha value is -2.58. The van der Waals surface area contributed by atoms with Crippen molar-refractivity contribution in [1.82, 2.24) is 5.32 Å². The van der Waals surface area contributed by atoms with Gasteiger partial charge in [-0.1, -0.05) is 80.9 Å². The van der Waals surface area contributed by atoms with Crippen molar-refractivity contribution in [2.45, 2.75) is 52.2 Å². The van der Waals surface area contributed by atoms with Crippen LogP contribution in [0, 0.1) is 6.92 Å². The van der Waals surface area contributed by atoms with Gasteiger partial charge in [-0.2, -0.15) is 0 Å². The number of benzene rings is 3. The van der Waals surface area contributed by atoms with Crippen LogP contribution >= 0.6 is 0 Å². The van der Waals surface area contributed by atoms with Crippen LogP contribution < -0.4 is 10.1 Å². The first-order valence-electron chi connectivity index (χ1n) is 10.6. The molecule has 0 bridgehead atoms. The lowest BCUT2D eigenvalue weighted by Crippen LogP contribution is -2.31. The Kier molecular flexibility index (Phi) is 5.47. The van der Waals surface area contributed by atoms with Crippen molar-refractivity contribution in [1.29, 1.82) is 0 Å². The highest BCUT2D eigenvalue weighted by molar-refractivity contribution is 5.46. The summed E-state index contributed by atoms with van der Waals surface area (Å²) >= 11 is 0. The molecule has 2 nitrogen and oxygen atoms in total. The summed E-state index contributed by atoms with van der Waals surface area (Å²) in [7, 11) is 0. The maximum atomic E-state index is 6.06. The summed E-state index contributed by atoms with van der Waals surface area (Å²) in [6.07, 6.45) is 1.03. The van der Waals surface area contributed by atoms with Crippen LogP contribution in [-0.4, -0.2) is 6.54 Å². The molecule has 0 spiro atoms. The molecule has 0 radical (unpaired) electrons. The highest BCUT2D eigenvalue weighted by atomic mass is 16.5. The van der Waals surface area contributed by atoms with Crippen LogP contribution in [0.25, 0.3) is 0 Å². The molecule has 0 aromatic heterocycles. The van der Waals surface area contributed by atoms with E-state index in [0.717, 1.165) is 18.7 Å². The number of hydrogen-bond donors (Lipinski definition) is 1. The Morgan fingerprint density at radius 2 is 1.76 bits per heavy atom. The average molecular weight is 386 g/mol. The van der Waals surface area contributed by atoms with E-state index in [4.69, 9.17) is 4.74 Å². The molecule has 0 aliphatic carbocycles. The Balaban J connectivity index is 1.60. The molecule has 3 aromatic carbocycles. The summed E-state index contributed by atoms with van der Waals surface area (Å²) < 4.78 is 6.06. The highest BCUT2D eigenvalue weighted by Crippen LogP contribution is 2.34. The van der Waals surface area contributed by atoms with Crippen molar-refractivity contribution in [3.8, 4) is 5.75 Å². The van der Waals surface area contributed by atoms with E-state index in [-0.39, 0.29) is 11.5 Å². The monoisotopic (exact) mass is 385 g/mol. The molecule has 2 heteroatoms. The van der Waals surface area contributed by atoms with Gasteiger partial charge in [-0.05, 0) is 58.7 Å². The van der Waals surface area contributed by atoms with Gasteiger partial charge in [0.15, 0.2) is 0 Å². The van der Waals surface area contributed by atoms with Gasteiger partial charge >= 0.3 is 0 Å². The van der Waals surface area contributed by atoms with Crippen molar-refractivity contribution < 1.29 is 4.74 Å².